The van der Waals surface area contributed by atoms with Gasteiger partial charge in [-0.25, -0.2) is 9.97 Å². The van der Waals surface area contributed by atoms with Gasteiger partial charge in [-0.2, -0.15) is 9.97 Å². The Bertz CT molecular complexity index is 1460. The number of para-hydroxylation sites is 1. The van der Waals surface area contributed by atoms with E-state index in [-0.39, 0.29) is 0 Å². The van der Waals surface area contributed by atoms with Crippen molar-refractivity contribution in [3.63, 3.8) is 0 Å². The Morgan fingerprint density at radius 1 is 0.742 bits per heavy atom. The predicted octanol–water partition coefficient (Wildman–Crippen LogP) is 3.96. The summed E-state index contributed by atoms with van der Waals surface area (Å²) in [4.78, 5) is 22.9. The Kier molecular flexibility index (Phi) is 3.73. The molecule has 0 N–H and O–H groups in total. The standard InChI is InChI=1S/C23H18N8/c1-15-11-29(13-25-15)21-9-22(30-12-16(2)26-14-30)28-23(27-21)31-19-6-4-3-5-17(19)18-10-24-8-7-20(18)31/h3-14H,1-2H3. The summed E-state index contributed by atoms with van der Waals surface area (Å²) in [5.41, 5.74) is 3.87. The number of benzene rings is 1. The van der Waals surface area contributed by atoms with Gasteiger partial charge >= 0.3 is 0 Å². The van der Waals surface area contributed by atoms with Gasteiger partial charge in [-0.05, 0) is 26.0 Å². The number of fused-ring (bicyclic) bond motifs is 3. The lowest BCUT2D eigenvalue weighted by Crippen LogP contribution is -2.08. The van der Waals surface area contributed by atoms with E-state index in [4.69, 9.17) is 9.97 Å². The summed E-state index contributed by atoms with van der Waals surface area (Å²) in [5.74, 6) is 2.03. The van der Waals surface area contributed by atoms with Crippen molar-refractivity contribution >= 4 is 21.8 Å². The van der Waals surface area contributed by atoms with Gasteiger partial charge in [0.05, 0.1) is 22.4 Å². The molecule has 31 heavy (non-hydrogen) atoms. The summed E-state index contributed by atoms with van der Waals surface area (Å²) in [6.07, 6.45) is 11.1. The highest BCUT2D eigenvalue weighted by Crippen LogP contribution is 2.30. The number of nitrogens with zero attached hydrogens (tertiary/aromatic N) is 8. The molecule has 0 radical (unpaired) electrons. The van der Waals surface area contributed by atoms with Gasteiger partial charge in [0, 0.05) is 41.6 Å². The van der Waals surface area contributed by atoms with Crippen molar-refractivity contribution in [3.05, 3.63) is 85.2 Å². The zero-order valence-corrected chi connectivity index (χ0v) is 17.0. The molecule has 5 aromatic heterocycles. The molecule has 5 heterocycles. The first-order valence-corrected chi connectivity index (χ1v) is 9.92. The molecule has 0 spiro atoms. The van der Waals surface area contributed by atoms with Gasteiger partial charge in [0.1, 0.15) is 24.3 Å². The van der Waals surface area contributed by atoms with E-state index in [1.165, 1.54) is 0 Å². The fourth-order valence-corrected chi connectivity index (χ4v) is 3.90. The van der Waals surface area contributed by atoms with Crippen molar-refractivity contribution in [1.82, 2.24) is 38.6 Å². The number of pyridine rings is 1. The van der Waals surface area contributed by atoms with Gasteiger partial charge in [0.25, 0.3) is 0 Å². The van der Waals surface area contributed by atoms with Crippen LogP contribution in [0.25, 0.3) is 39.4 Å². The molecule has 0 unspecified atom stereocenters. The van der Waals surface area contributed by atoms with Crippen LogP contribution in [0, 0.1) is 13.8 Å². The average molecular weight is 406 g/mol. The Balaban J connectivity index is 1.69. The molecule has 0 atom stereocenters. The van der Waals surface area contributed by atoms with Gasteiger partial charge in [-0.15, -0.1) is 0 Å². The number of imidazole rings is 2. The SMILES string of the molecule is Cc1cn(-c2cc(-n3cnc(C)c3)nc(-n3c4ccccc4c4cnccc43)n2)cn1. The number of hydrogen-bond acceptors (Lipinski definition) is 5. The van der Waals surface area contributed by atoms with Crippen LogP contribution in [0.15, 0.2) is 73.8 Å². The van der Waals surface area contributed by atoms with Crippen molar-refractivity contribution in [3.8, 4) is 17.6 Å². The molecular formula is C23H18N8. The van der Waals surface area contributed by atoms with Gasteiger partial charge in [0.15, 0.2) is 0 Å². The Morgan fingerprint density at radius 2 is 1.39 bits per heavy atom. The lowest BCUT2D eigenvalue weighted by atomic mass is 10.2. The molecule has 0 amide bonds. The van der Waals surface area contributed by atoms with Crippen LogP contribution in [0.3, 0.4) is 0 Å². The number of hydrogen-bond donors (Lipinski definition) is 0. The van der Waals surface area contributed by atoms with Crippen LogP contribution in [0.4, 0.5) is 0 Å². The van der Waals surface area contributed by atoms with Gasteiger partial charge in [-0.3, -0.25) is 18.7 Å². The zero-order chi connectivity index (χ0) is 20.9. The molecule has 8 heteroatoms. The maximum atomic E-state index is 4.91. The van der Waals surface area contributed by atoms with E-state index in [0.717, 1.165) is 44.8 Å². The maximum absolute atomic E-state index is 4.91. The molecule has 6 aromatic rings. The summed E-state index contributed by atoms with van der Waals surface area (Å²) >= 11 is 0. The second kappa shape index (κ2) is 6.60. The Morgan fingerprint density at radius 3 is 2.03 bits per heavy atom. The highest BCUT2D eigenvalue weighted by atomic mass is 15.2. The summed E-state index contributed by atoms with van der Waals surface area (Å²) in [7, 11) is 0. The van der Waals surface area contributed by atoms with E-state index in [9.17, 15) is 0 Å². The van der Waals surface area contributed by atoms with Crippen LogP contribution in [0.5, 0.6) is 0 Å². The Hall–Kier alpha value is -4.33. The monoisotopic (exact) mass is 406 g/mol. The van der Waals surface area contributed by atoms with E-state index in [0.29, 0.717) is 5.95 Å². The van der Waals surface area contributed by atoms with Crippen LogP contribution < -0.4 is 0 Å². The second-order valence-corrected chi connectivity index (χ2v) is 7.47. The van der Waals surface area contributed by atoms with Crippen molar-refractivity contribution < 1.29 is 0 Å². The average Bonchev–Trinajstić information content (AvgIpc) is 3.50. The quantitative estimate of drug-likeness (QED) is 0.445. The van der Waals surface area contributed by atoms with E-state index in [2.05, 4.69) is 31.7 Å². The molecule has 6 rings (SSSR count). The fourth-order valence-electron chi connectivity index (χ4n) is 3.90. The molecule has 1 aromatic carbocycles. The molecule has 150 valence electrons. The van der Waals surface area contributed by atoms with Crippen LogP contribution >= 0.6 is 0 Å². The van der Waals surface area contributed by atoms with Crippen molar-refractivity contribution in [2.75, 3.05) is 0 Å². The fraction of sp³-hybridized carbons (Fsp3) is 0.0870. The van der Waals surface area contributed by atoms with Crippen molar-refractivity contribution in [2.45, 2.75) is 13.8 Å². The Labute approximate surface area is 177 Å². The third-order valence-electron chi connectivity index (χ3n) is 5.31. The highest BCUT2D eigenvalue weighted by Gasteiger charge is 2.16. The van der Waals surface area contributed by atoms with Gasteiger partial charge in [-0.1, -0.05) is 18.2 Å². The van der Waals surface area contributed by atoms with E-state index in [1.54, 1.807) is 18.9 Å². The summed E-state index contributed by atoms with van der Waals surface area (Å²) in [6.45, 7) is 3.91. The number of rotatable bonds is 3. The van der Waals surface area contributed by atoms with Crippen LogP contribution in [-0.2, 0) is 0 Å². The van der Waals surface area contributed by atoms with E-state index in [1.807, 2.05) is 65.8 Å². The minimum absolute atomic E-state index is 0.572. The van der Waals surface area contributed by atoms with Crippen LogP contribution in [0.1, 0.15) is 11.4 Å². The number of aryl methyl sites for hydroxylation is 2. The molecular weight excluding hydrogens is 388 g/mol. The highest BCUT2D eigenvalue weighted by molar-refractivity contribution is 6.08. The molecule has 0 bridgehead atoms. The first-order valence-electron chi connectivity index (χ1n) is 9.92. The maximum Gasteiger partial charge on any atom is 0.238 e. The minimum atomic E-state index is 0.572. The normalized spacial score (nSPS) is 11.5. The zero-order valence-electron chi connectivity index (χ0n) is 17.0. The van der Waals surface area contributed by atoms with Crippen molar-refractivity contribution in [1.29, 1.82) is 0 Å². The lowest BCUT2D eigenvalue weighted by Gasteiger charge is -2.11. The van der Waals surface area contributed by atoms with Crippen LogP contribution in [0.2, 0.25) is 0 Å². The minimum Gasteiger partial charge on any atom is -0.290 e. The molecule has 0 aliphatic rings. The van der Waals surface area contributed by atoms with Crippen molar-refractivity contribution in [2.24, 2.45) is 0 Å². The van der Waals surface area contributed by atoms with E-state index < -0.39 is 0 Å². The smallest absolute Gasteiger partial charge is 0.238 e. The molecule has 0 aliphatic carbocycles. The van der Waals surface area contributed by atoms with Gasteiger partial charge < -0.3 is 0 Å². The molecule has 0 aliphatic heterocycles. The topological polar surface area (TPSA) is 79.2 Å². The van der Waals surface area contributed by atoms with Gasteiger partial charge in [0.2, 0.25) is 5.95 Å². The number of aromatic nitrogens is 8. The van der Waals surface area contributed by atoms with Crippen LogP contribution in [-0.4, -0.2) is 38.6 Å². The molecule has 8 nitrogen and oxygen atoms in total. The molecule has 0 fully saturated rings. The summed E-state index contributed by atoms with van der Waals surface area (Å²) in [6, 6.07) is 12.2. The second-order valence-electron chi connectivity index (χ2n) is 7.47. The molecule has 0 saturated heterocycles. The third kappa shape index (κ3) is 2.80. The first-order chi connectivity index (χ1) is 15.2. The predicted molar refractivity (Wildman–Crippen MR) is 118 cm³/mol. The summed E-state index contributed by atoms with van der Waals surface area (Å²) in [5, 5.41) is 2.17. The lowest BCUT2D eigenvalue weighted by molar-refractivity contribution is 0.880. The molecule has 0 saturated carbocycles. The van der Waals surface area contributed by atoms with E-state index >= 15 is 0 Å². The summed E-state index contributed by atoms with van der Waals surface area (Å²) < 4.78 is 5.89. The largest absolute Gasteiger partial charge is 0.290 e. The first kappa shape index (κ1) is 17.5. The third-order valence-corrected chi connectivity index (χ3v) is 5.31.